The van der Waals surface area contributed by atoms with Crippen molar-refractivity contribution in [1.29, 1.82) is 0 Å². The monoisotopic (exact) mass is 376 g/mol. The maximum Gasteiger partial charge on any atom is 0.419 e. The summed E-state index contributed by atoms with van der Waals surface area (Å²) in [7, 11) is 0. The summed E-state index contributed by atoms with van der Waals surface area (Å²) in [5, 5.41) is 28.2. The standard InChI is InChI=1S/C14H8F4N2O6/c15-4-2-1-3(14(16,17)18)9(21)5(4)6-7(12(23)24)10(19)20-11(22)8(6)13(25)26/h1-2,21H,(H,23,24)(H,25,26)(H3,19,20,22). The van der Waals surface area contributed by atoms with E-state index in [0.29, 0.717) is 0 Å². The molecule has 0 aliphatic carbocycles. The molecule has 0 aliphatic rings. The molecule has 0 atom stereocenters. The van der Waals surface area contributed by atoms with Crippen LogP contribution in [0.5, 0.6) is 5.75 Å². The number of aromatic carboxylic acids is 2. The zero-order valence-electron chi connectivity index (χ0n) is 12.3. The first-order valence-corrected chi connectivity index (χ1v) is 6.49. The number of hydrogen-bond acceptors (Lipinski definition) is 5. The Morgan fingerprint density at radius 2 is 1.58 bits per heavy atom. The molecule has 0 spiro atoms. The number of phenols is 1. The van der Waals surface area contributed by atoms with E-state index in [4.69, 9.17) is 10.8 Å². The minimum atomic E-state index is -5.17. The lowest BCUT2D eigenvalue weighted by Crippen LogP contribution is -2.24. The number of carboxylic acids is 2. The Bertz CT molecular complexity index is 996. The van der Waals surface area contributed by atoms with Gasteiger partial charge >= 0.3 is 18.1 Å². The van der Waals surface area contributed by atoms with Gasteiger partial charge in [-0.15, -0.1) is 0 Å². The Morgan fingerprint density at radius 1 is 1.04 bits per heavy atom. The number of rotatable bonds is 3. The van der Waals surface area contributed by atoms with Gasteiger partial charge < -0.3 is 26.0 Å². The first kappa shape index (κ1) is 18.8. The molecule has 2 aromatic rings. The highest BCUT2D eigenvalue weighted by Crippen LogP contribution is 2.44. The SMILES string of the molecule is Nc1[nH]c(=O)c(C(=O)O)c(-c2c(F)ccc(C(F)(F)F)c2O)c1C(=O)O. The number of nitrogens with one attached hydrogen (secondary N) is 1. The predicted molar refractivity (Wildman–Crippen MR) is 77.5 cm³/mol. The third kappa shape index (κ3) is 2.92. The van der Waals surface area contributed by atoms with Gasteiger partial charge in [0.05, 0.1) is 11.1 Å². The van der Waals surface area contributed by atoms with E-state index in [0.717, 1.165) is 0 Å². The molecule has 0 fully saturated rings. The number of carboxylic acid groups (broad SMARTS) is 2. The second-order valence-electron chi connectivity index (χ2n) is 4.92. The van der Waals surface area contributed by atoms with E-state index < -0.39 is 68.9 Å². The van der Waals surface area contributed by atoms with Gasteiger partial charge in [0.25, 0.3) is 5.56 Å². The van der Waals surface area contributed by atoms with Crippen LogP contribution in [0.4, 0.5) is 23.4 Å². The topological polar surface area (TPSA) is 154 Å². The van der Waals surface area contributed by atoms with Gasteiger partial charge in [0, 0.05) is 5.56 Å². The number of halogens is 4. The van der Waals surface area contributed by atoms with Crippen LogP contribution in [-0.4, -0.2) is 32.2 Å². The molecule has 0 radical (unpaired) electrons. The maximum absolute atomic E-state index is 14.2. The number of aromatic nitrogens is 1. The molecule has 1 heterocycles. The van der Waals surface area contributed by atoms with Crippen LogP contribution in [0.3, 0.4) is 0 Å². The Kier molecular flexibility index (Phi) is 4.37. The largest absolute Gasteiger partial charge is 0.507 e. The number of hydrogen-bond donors (Lipinski definition) is 5. The molecule has 2 rings (SSSR count). The van der Waals surface area contributed by atoms with Crippen molar-refractivity contribution < 1.29 is 42.5 Å². The number of aromatic amines is 1. The molecular weight excluding hydrogens is 368 g/mol. The Hall–Kier alpha value is -3.57. The molecule has 1 aromatic heterocycles. The maximum atomic E-state index is 14.2. The Morgan fingerprint density at radius 3 is 2.04 bits per heavy atom. The highest BCUT2D eigenvalue weighted by Gasteiger charge is 2.38. The van der Waals surface area contributed by atoms with Crippen LogP contribution in [-0.2, 0) is 6.18 Å². The van der Waals surface area contributed by atoms with Crippen molar-refractivity contribution in [1.82, 2.24) is 4.98 Å². The van der Waals surface area contributed by atoms with Crippen LogP contribution >= 0.6 is 0 Å². The number of carbonyl (C=O) groups is 2. The average molecular weight is 376 g/mol. The normalized spacial score (nSPS) is 11.4. The molecule has 0 aliphatic heterocycles. The summed E-state index contributed by atoms with van der Waals surface area (Å²) in [6.45, 7) is 0. The number of H-pyrrole nitrogens is 1. The summed E-state index contributed by atoms with van der Waals surface area (Å²) in [5.74, 6) is -8.34. The Labute approximate surface area is 140 Å². The van der Waals surface area contributed by atoms with Crippen molar-refractivity contribution in [3.05, 3.63) is 45.0 Å². The molecule has 6 N–H and O–H groups in total. The lowest BCUT2D eigenvalue weighted by Gasteiger charge is -2.17. The summed E-state index contributed by atoms with van der Waals surface area (Å²) >= 11 is 0. The predicted octanol–water partition coefficient (Wildman–Crippen LogP) is 1.88. The zero-order valence-corrected chi connectivity index (χ0v) is 12.3. The third-order valence-electron chi connectivity index (χ3n) is 3.35. The van der Waals surface area contributed by atoms with Gasteiger partial charge in [-0.3, -0.25) is 4.79 Å². The fourth-order valence-corrected chi connectivity index (χ4v) is 2.33. The summed E-state index contributed by atoms with van der Waals surface area (Å²) < 4.78 is 53.0. The van der Waals surface area contributed by atoms with Crippen LogP contribution < -0.4 is 11.3 Å². The molecule has 138 valence electrons. The summed E-state index contributed by atoms with van der Waals surface area (Å²) in [6, 6.07) is 0.415. The highest BCUT2D eigenvalue weighted by atomic mass is 19.4. The van der Waals surface area contributed by atoms with Gasteiger partial charge in [-0.05, 0) is 12.1 Å². The van der Waals surface area contributed by atoms with Crippen LogP contribution in [0.25, 0.3) is 11.1 Å². The average Bonchev–Trinajstić information content (AvgIpc) is 2.44. The van der Waals surface area contributed by atoms with Gasteiger partial charge in [-0.1, -0.05) is 0 Å². The summed E-state index contributed by atoms with van der Waals surface area (Å²) in [5.41, 5.74) is -3.25. The van der Waals surface area contributed by atoms with Gasteiger partial charge in [-0.2, -0.15) is 13.2 Å². The van der Waals surface area contributed by atoms with Crippen molar-refractivity contribution in [3.8, 4) is 16.9 Å². The molecule has 0 saturated carbocycles. The van der Waals surface area contributed by atoms with Crippen LogP contribution in [0.2, 0.25) is 0 Å². The van der Waals surface area contributed by atoms with E-state index in [-0.39, 0.29) is 12.1 Å². The number of nitrogen functional groups attached to an aromatic ring is 1. The Balaban J connectivity index is 3.14. The summed E-state index contributed by atoms with van der Waals surface area (Å²) in [4.78, 5) is 36.2. The van der Waals surface area contributed by atoms with Gasteiger partial charge in [0.2, 0.25) is 0 Å². The second-order valence-corrected chi connectivity index (χ2v) is 4.92. The van der Waals surface area contributed by atoms with Crippen LogP contribution in [0.15, 0.2) is 16.9 Å². The van der Waals surface area contributed by atoms with Gasteiger partial charge in [0.15, 0.2) is 0 Å². The van der Waals surface area contributed by atoms with Gasteiger partial charge in [0.1, 0.15) is 28.5 Å². The summed E-state index contributed by atoms with van der Waals surface area (Å²) in [6.07, 6.45) is -5.17. The molecule has 0 saturated heterocycles. The number of phenolic OH excluding ortho intramolecular Hbond substituents is 1. The fraction of sp³-hybridized carbons (Fsp3) is 0.0714. The smallest absolute Gasteiger partial charge is 0.419 e. The number of alkyl halides is 3. The van der Waals surface area contributed by atoms with Crippen LogP contribution in [0.1, 0.15) is 26.3 Å². The lowest BCUT2D eigenvalue weighted by atomic mass is 9.92. The quantitative estimate of drug-likeness (QED) is 0.513. The van der Waals surface area contributed by atoms with Crippen molar-refractivity contribution in [3.63, 3.8) is 0 Å². The first-order valence-electron chi connectivity index (χ1n) is 6.49. The van der Waals surface area contributed by atoms with Crippen molar-refractivity contribution in [2.45, 2.75) is 6.18 Å². The van der Waals surface area contributed by atoms with E-state index in [1.807, 2.05) is 0 Å². The number of benzene rings is 1. The molecule has 26 heavy (non-hydrogen) atoms. The van der Waals surface area contributed by atoms with Crippen molar-refractivity contribution in [2.75, 3.05) is 5.73 Å². The molecule has 1 aromatic carbocycles. The highest BCUT2D eigenvalue weighted by molar-refractivity contribution is 6.08. The third-order valence-corrected chi connectivity index (χ3v) is 3.35. The first-order chi connectivity index (χ1) is 11.9. The molecule has 8 nitrogen and oxygen atoms in total. The number of anilines is 1. The van der Waals surface area contributed by atoms with E-state index in [9.17, 15) is 42.2 Å². The molecule has 12 heteroatoms. The van der Waals surface area contributed by atoms with E-state index >= 15 is 0 Å². The number of pyridine rings is 1. The molecule has 0 amide bonds. The number of aromatic hydroxyl groups is 1. The van der Waals surface area contributed by atoms with E-state index in [1.54, 1.807) is 4.98 Å². The fourth-order valence-electron chi connectivity index (χ4n) is 2.33. The number of nitrogens with two attached hydrogens (primary N) is 1. The molecule has 0 unspecified atom stereocenters. The minimum absolute atomic E-state index is 0.172. The van der Waals surface area contributed by atoms with E-state index in [1.165, 1.54) is 0 Å². The van der Waals surface area contributed by atoms with Crippen molar-refractivity contribution >= 4 is 17.8 Å². The lowest BCUT2D eigenvalue weighted by molar-refractivity contribution is -0.138. The minimum Gasteiger partial charge on any atom is -0.507 e. The molecular formula is C14H8F4N2O6. The van der Waals surface area contributed by atoms with Crippen molar-refractivity contribution in [2.24, 2.45) is 0 Å². The second kappa shape index (κ2) is 6.06. The van der Waals surface area contributed by atoms with E-state index in [2.05, 4.69) is 0 Å². The van der Waals surface area contributed by atoms with Gasteiger partial charge in [-0.25, -0.2) is 14.0 Å². The zero-order chi connectivity index (χ0) is 20.0. The molecule has 0 bridgehead atoms. The van der Waals surface area contributed by atoms with Crippen LogP contribution in [0, 0.1) is 5.82 Å².